The van der Waals surface area contributed by atoms with Crippen molar-refractivity contribution >= 4 is 16.2 Å². The summed E-state index contributed by atoms with van der Waals surface area (Å²) in [6, 6.07) is 9.70. The summed E-state index contributed by atoms with van der Waals surface area (Å²) in [5.41, 5.74) is 0.602. The summed E-state index contributed by atoms with van der Waals surface area (Å²) in [6.45, 7) is 4.72. The third kappa shape index (κ3) is 5.29. The molecule has 2 rings (SSSR count). The van der Waals surface area contributed by atoms with E-state index in [-0.39, 0.29) is 10.6 Å². The van der Waals surface area contributed by atoms with Crippen LogP contribution >= 0.6 is 0 Å². The van der Waals surface area contributed by atoms with Crippen molar-refractivity contribution in [3.8, 4) is 23.0 Å². The first-order chi connectivity index (χ1) is 13.4. The highest BCUT2D eigenvalue weighted by molar-refractivity contribution is 7.89. The zero-order valence-corrected chi connectivity index (χ0v) is 17.1. The number of sulfonamides is 1. The van der Waals surface area contributed by atoms with Gasteiger partial charge in [-0.3, -0.25) is 0 Å². The number of hydrogen-bond donors (Lipinski definition) is 1. The van der Waals surface area contributed by atoms with E-state index >= 15 is 0 Å². The molecule has 0 spiro atoms. The van der Waals surface area contributed by atoms with Gasteiger partial charge in [0, 0.05) is 17.7 Å². The molecule has 0 aromatic heterocycles. The summed E-state index contributed by atoms with van der Waals surface area (Å²) in [7, 11) is -1.13. The molecule has 9 heteroatoms. The van der Waals surface area contributed by atoms with Crippen LogP contribution in [0.15, 0.2) is 46.4 Å². The van der Waals surface area contributed by atoms with Gasteiger partial charge in [0.1, 0.15) is 27.9 Å². The molecular weight excluding hydrogens is 384 g/mol. The molecule has 0 atom stereocenters. The van der Waals surface area contributed by atoms with E-state index in [2.05, 4.69) is 9.93 Å². The van der Waals surface area contributed by atoms with Gasteiger partial charge in [-0.25, -0.2) is 0 Å². The van der Waals surface area contributed by atoms with Crippen molar-refractivity contribution in [1.82, 2.24) is 4.83 Å². The summed E-state index contributed by atoms with van der Waals surface area (Å²) in [4.78, 5) is 2.10. The molecule has 1 N–H and O–H groups in total. The lowest BCUT2D eigenvalue weighted by Gasteiger charge is -2.11. The van der Waals surface area contributed by atoms with Gasteiger partial charge in [0.2, 0.25) is 0 Å². The number of methoxy groups -OCH3 is 2. The number of hydrogen-bond acceptors (Lipinski definition) is 7. The molecule has 0 aliphatic heterocycles. The fourth-order valence-electron chi connectivity index (χ4n) is 2.37. The Balaban J connectivity index is 2.26. The van der Waals surface area contributed by atoms with E-state index in [1.807, 2.05) is 13.8 Å². The minimum absolute atomic E-state index is 0.0803. The van der Waals surface area contributed by atoms with Gasteiger partial charge in [-0.15, -0.1) is 0 Å². The quantitative estimate of drug-likeness (QED) is 0.480. The molecule has 2 aromatic carbocycles. The van der Waals surface area contributed by atoms with Gasteiger partial charge < -0.3 is 18.9 Å². The molecule has 8 nitrogen and oxygen atoms in total. The molecule has 152 valence electrons. The highest BCUT2D eigenvalue weighted by atomic mass is 32.2. The Morgan fingerprint density at radius 1 is 0.929 bits per heavy atom. The smallest absolute Gasteiger partial charge is 0.280 e. The van der Waals surface area contributed by atoms with Crippen molar-refractivity contribution in [2.24, 2.45) is 5.10 Å². The summed E-state index contributed by atoms with van der Waals surface area (Å²) in [6.07, 6.45) is 1.37. The molecule has 0 saturated heterocycles. The number of ether oxygens (including phenoxy) is 4. The molecule has 0 aliphatic rings. The van der Waals surface area contributed by atoms with Gasteiger partial charge in [-0.1, -0.05) is 0 Å². The molecule has 28 heavy (non-hydrogen) atoms. The first-order valence-electron chi connectivity index (χ1n) is 8.61. The Morgan fingerprint density at radius 3 is 2.29 bits per heavy atom. The van der Waals surface area contributed by atoms with Crippen LogP contribution in [-0.4, -0.2) is 42.1 Å². The Bertz CT molecular complexity index is 928. The molecule has 0 heterocycles. The van der Waals surface area contributed by atoms with E-state index in [4.69, 9.17) is 18.9 Å². The topological polar surface area (TPSA) is 95.5 Å². The molecule has 0 aliphatic carbocycles. The average Bonchev–Trinajstić information content (AvgIpc) is 2.69. The largest absolute Gasteiger partial charge is 0.497 e. The van der Waals surface area contributed by atoms with Gasteiger partial charge in [-0.2, -0.15) is 18.4 Å². The number of rotatable bonds is 10. The second-order valence-electron chi connectivity index (χ2n) is 5.44. The summed E-state index contributed by atoms with van der Waals surface area (Å²) in [5.74, 6) is 1.76. The molecule has 0 fully saturated rings. The van der Waals surface area contributed by atoms with Gasteiger partial charge in [0.15, 0.2) is 0 Å². The van der Waals surface area contributed by atoms with E-state index in [1.54, 1.807) is 24.3 Å². The van der Waals surface area contributed by atoms with Crippen LogP contribution in [-0.2, 0) is 10.0 Å². The zero-order chi connectivity index (χ0) is 20.6. The third-order valence-electron chi connectivity index (χ3n) is 3.63. The molecule has 0 unspecified atom stereocenters. The van der Waals surface area contributed by atoms with Crippen molar-refractivity contribution in [2.45, 2.75) is 18.7 Å². The standard InChI is InChI=1S/C19H24N2O6S/c1-5-26-16-8-7-14(18(11-16)27-6-2)13-20-21-28(22,23)19-12-15(24-3)9-10-17(19)25-4/h7-13,21H,5-6H2,1-4H3/b20-13+. The minimum Gasteiger partial charge on any atom is -0.497 e. The van der Waals surface area contributed by atoms with Gasteiger partial charge in [0.05, 0.1) is 33.6 Å². The molecule has 2 aromatic rings. The van der Waals surface area contributed by atoms with Crippen molar-refractivity contribution in [3.05, 3.63) is 42.0 Å². The lowest BCUT2D eigenvalue weighted by Crippen LogP contribution is -2.19. The van der Waals surface area contributed by atoms with Crippen LogP contribution in [0.25, 0.3) is 0 Å². The average molecular weight is 408 g/mol. The van der Waals surface area contributed by atoms with Crippen LogP contribution < -0.4 is 23.8 Å². The SMILES string of the molecule is CCOc1ccc(/C=N/NS(=O)(=O)c2cc(OC)ccc2OC)c(OCC)c1. The maximum Gasteiger partial charge on any atom is 0.280 e. The van der Waals surface area contributed by atoms with Crippen LogP contribution in [0.1, 0.15) is 19.4 Å². The lowest BCUT2D eigenvalue weighted by atomic mass is 10.2. The Kier molecular flexibility index (Phi) is 7.51. The van der Waals surface area contributed by atoms with Crippen molar-refractivity contribution in [2.75, 3.05) is 27.4 Å². The highest BCUT2D eigenvalue weighted by Gasteiger charge is 2.20. The fraction of sp³-hybridized carbons (Fsp3) is 0.316. The second kappa shape index (κ2) is 9.84. The predicted molar refractivity (Wildman–Crippen MR) is 106 cm³/mol. The Hall–Kier alpha value is -2.94. The van der Waals surface area contributed by atoms with E-state index in [0.717, 1.165) is 0 Å². The number of nitrogens with one attached hydrogen (secondary N) is 1. The van der Waals surface area contributed by atoms with Crippen LogP contribution in [0.2, 0.25) is 0 Å². The summed E-state index contributed by atoms with van der Waals surface area (Å²) < 4.78 is 46.4. The van der Waals surface area contributed by atoms with E-state index in [9.17, 15) is 8.42 Å². The monoisotopic (exact) mass is 408 g/mol. The van der Waals surface area contributed by atoms with E-state index in [0.29, 0.717) is 36.0 Å². The zero-order valence-electron chi connectivity index (χ0n) is 16.3. The van der Waals surface area contributed by atoms with Crippen molar-refractivity contribution in [3.63, 3.8) is 0 Å². The van der Waals surface area contributed by atoms with Crippen LogP contribution in [0.5, 0.6) is 23.0 Å². The van der Waals surface area contributed by atoms with Crippen LogP contribution in [0.4, 0.5) is 0 Å². The van der Waals surface area contributed by atoms with Gasteiger partial charge in [0.25, 0.3) is 10.0 Å². The number of hydrazone groups is 1. The molecule has 0 radical (unpaired) electrons. The molecule has 0 amide bonds. The maximum absolute atomic E-state index is 12.6. The van der Waals surface area contributed by atoms with Crippen molar-refractivity contribution in [1.29, 1.82) is 0 Å². The summed E-state index contributed by atoms with van der Waals surface area (Å²) in [5, 5.41) is 3.86. The first-order valence-corrected chi connectivity index (χ1v) is 10.1. The van der Waals surface area contributed by atoms with Gasteiger partial charge in [-0.05, 0) is 38.1 Å². The number of nitrogens with zero attached hydrogens (tertiary/aromatic N) is 1. The van der Waals surface area contributed by atoms with Gasteiger partial charge >= 0.3 is 0 Å². The second-order valence-corrected chi connectivity index (χ2v) is 7.06. The maximum atomic E-state index is 12.6. The molecule has 0 saturated carbocycles. The first kappa shape index (κ1) is 21.4. The normalized spacial score (nSPS) is 11.3. The summed E-state index contributed by atoms with van der Waals surface area (Å²) >= 11 is 0. The van der Waals surface area contributed by atoms with Crippen LogP contribution in [0, 0.1) is 0 Å². The third-order valence-corrected chi connectivity index (χ3v) is 4.88. The minimum atomic E-state index is -3.97. The number of benzene rings is 2. The predicted octanol–water partition coefficient (Wildman–Crippen LogP) is 2.81. The van der Waals surface area contributed by atoms with Crippen molar-refractivity contribution < 1.29 is 27.4 Å². The van der Waals surface area contributed by atoms with Crippen LogP contribution in [0.3, 0.4) is 0 Å². The van der Waals surface area contributed by atoms with E-state index < -0.39 is 10.0 Å². The molecular formula is C19H24N2O6S. The fourth-order valence-corrected chi connectivity index (χ4v) is 3.34. The Morgan fingerprint density at radius 2 is 1.64 bits per heavy atom. The lowest BCUT2D eigenvalue weighted by molar-refractivity contribution is 0.323. The molecule has 0 bridgehead atoms. The van der Waals surface area contributed by atoms with E-state index in [1.165, 1.54) is 32.6 Å². The Labute approximate surface area is 165 Å². The highest BCUT2D eigenvalue weighted by Crippen LogP contribution is 2.28.